The van der Waals surface area contributed by atoms with Crippen molar-refractivity contribution in [1.82, 2.24) is 0 Å². The van der Waals surface area contributed by atoms with Crippen molar-refractivity contribution in [1.29, 1.82) is 0 Å². The molecular formula is C17H23NO. The predicted molar refractivity (Wildman–Crippen MR) is 82.5 cm³/mol. The van der Waals surface area contributed by atoms with Crippen LogP contribution < -0.4 is 5.32 Å². The third-order valence-corrected chi connectivity index (χ3v) is 3.86. The van der Waals surface area contributed by atoms with E-state index in [0.29, 0.717) is 12.5 Å². The molecule has 0 radical (unpaired) electrons. The van der Waals surface area contributed by atoms with E-state index in [4.69, 9.17) is 0 Å². The summed E-state index contributed by atoms with van der Waals surface area (Å²) in [5.74, 6) is 0.382. The molecule has 2 N–H and O–H groups in total. The highest BCUT2D eigenvalue weighted by molar-refractivity contribution is 5.85. The summed E-state index contributed by atoms with van der Waals surface area (Å²) in [7, 11) is 0. The average Bonchev–Trinajstić information content (AvgIpc) is 2.46. The van der Waals surface area contributed by atoms with Gasteiger partial charge in [0.15, 0.2) is 0 Å². The van der Waals surface area contributed by atoms with Gasteiger partial charge in [0.25, 0.3) is 0 Å². The summed E-state index contributed by atoms with van der Waals surface area (Å²) in [5.41, 5.74) is 1.07. The molecule has 0 fully saturated rings. The molecule has 2 aromatic carbocycles. The Labute approximate surface area is 115 Å². The van der Waals surface area contributed by atoms with E-state index in [2.05, 4.69) is 49.5 Å². The summed E-state index contributed by atoms with van der Waals surface area (Å²) in [6.45, 7) is 4.88. The summed E-state index contributed by atoms with van der Waals surface area (Å²) >= 11 is 0. The zero-order chi connectivity index (χ0) is 13.7. The maximum Gasteiger partial charge on any atom is 0.0740 e. The minimum Gasteiger partial charge on any atom is -0.391 e. The van der Waals surface area contributed by atoms with E-state index >= 15 is 0 Å². The second kappa shape index (κ2) is 6.58. The van der Waals surface area contributed by atoms with Crippen molar-refractivity contribution in [2.45, 2.75) is 32.8 Å². The largest absolute Gasteiger partial charge is 0.391 e. The first-order valence-electron chi connectivity index (χ1n) is 7.15. The van der Waals surface area contributed by atoms with Gasteiger partial charge in [0.1, 0.15) is 0 Å². The normalized spacial score (nSPS) is 12.8. The van der Waals surface area contributed by atoms with Crippen LogP contribution in [0.2, 0.25) is 0 Å². The van der Waals surface area contributed by atoms with Crippen molar-refractivity contribution < 1.29 is 5.11 Å². The quantitative estimate of drug-likeness (QED) is 0.818. The van der Waals surface area contributed by atoms with Crippen LogP contribution in [-0.4, -0.2) is 17.8 Å². The SMILES string of the molecule is CCC(CC)C(O)CNc1ccc2ccccc2c1. The van der Waals surface area contributed by atoms with Crippen LogP contribution in [0.1, 0.15) is 26.7 Å². The lowest BCUT2D eigenvalue weighted by molar-refractivity contribution is 0.114. The van der Waals surface area contributed by atoms with Gasteiger partial charge in [-0.05, 0) is 28.8 Å². The zero-order valence-corrected chi connectivity index (χ0v) is 11.8. The topological polar surface area (TPSA) is 32.3 Å². The average molecular weight is 257 g/mol. The fourth-order valence-electron chi connectivity index (χ4n) is 2.52. The van der Waals surface area contributed by atoms with Gasteiger partial charge in [-0.2, -0.15) is 0 Å². The van der Waals surface area contributed by atoms with E-state index in [1.54, 1.807) is 0 Å². The fraction of sp³-hybridized carbons (Fsp3) is 0.412. The number of benzene rings is 2. The molecule has 0 aliphatic rings. The number of rotatable bonds is 6. The molecule has 102 valence electrons. The number of aliphatic hydroxyl groups is 1. The van der Waals surface area contributed by atoms with Crippen LogP contribution in [0.3, 0.4) is 0 Å². The van der Waals surface area contributed by atoms with Crippen molar-refractivity contribution in [3.05, 3.63) is 42.5 Å². The minimum atomic E-state index is -0.276. The Bertz CT molecular complexity index is 519. The van der Waals surface area contributed by atoms with Gasteiger partial charge < -0.3 is 10.4 Å². The Kier molecular flexibility index (Phi) is 4.80. The van der Waals surface area contributed by atoms with Gasteiger partial charge in [0.2, 0.25) is 0 Å². The molecular weight excluding hydrogens is 234 g/mol. The molecule has 0 spiro atoms. The van der Waals surface area contributed by atoms with E-state index in [9.17, 15) is 5.11 Å². The molecule has 19 heavy (non-hydrogen) atoms. The lowest BCUT2D eigenvalue weighted by Crippen LogP contribution is -2.27. The van der Waals surface area contributed by atoms with E-state index in [0.717, 1.165) is 18.5 Å². The zero-order valence-electron chi connectivity index (χ0n) is 11.8. The fourth-order valence-corrected chi connectivity index (χ4v) is 2.52. The highest BCUT2D eigenvalue weighted by Gasteiger charge is 2.14. The van der Waals surface area contributed by atoms with Crippen LogP contribution in [0.5, 0.6) is 0 Å². The molecule has 2 aromatic rings. The van der Waals surface area contributed by atoms with Gasteiger partial charge in [0.05, 0.1) is 6.10 Å². The second-order valence-electron chi connectivity index (χ2n) is 5.09. The highest BCUT2D eigenvalue weighted by atomic mass is 16.3. The van der Waals surface area contributed by atoms with Crippen molar-refractivity contribution in [3.63, 3.8) is 0 Å². The van der Waals surface area contributed by atoms with E-state index in [-0.39, 0.29) is 6.10 Å². The molecule has 0 amide bonds. The number of hydrogen-bond acceptors (Lipinski definition) is 2. The summed E-state index contributed by atoms with van der Waals surface area (Å²) in [5, 5.41) is 15.9. The maximum atomic E-state index is 10.1. The third-order valence-electron chi connectivity index (χ3n) is 3.86. The molecule has 2 heteroatoms. The van der Waals surface area contributed by atoms with Gasteiger partial charge >= 0.3 is 0 Å². The number of nitrogens with one attached hydrogen (secondary N) is 1. The number of aliphatic hydroxyl groups excluding tert-OH is 1. The smallest absolute Gasteiger partial charge is 0.0740 e. The van der Waals surface area contributed by atoms with Crippen molar-refractivity contribution in [2.75, 3.05) is 11.9 Å². The van der Waals surface area contributed by atoms with E-state index in [1.807, 2.05) is 12.1 Å². The number of fused-ring (bicyclic) bond motifs is 1. The first-order chi connectivity index (χ1) is 9.24. The molecule has 1 unspecified atom stereocenters. The molecule has 0 bridgehead atoms. The molecule has 0 aliphatic heterocycles. The number of anilines is 1. The Morgan fingerprint density at radius 1 is 1.00 bits per heavy atom. The van der Waals surface area contributed by atoms with Crippen LogP contribution in [0.25, 0.3) is 10.8 Å². The van der Waals surface area contributed by atoms with Crippen LogP contribution in [0.4, 0.5) is 5.69 Å². The number of hydrogen-bond donors (Lipinski definition) is 2. The first kappa shape index (κ1) is 13.9. The van der Waals surface area contributed by atoms with Gasteiger partial charge in [0, 0.05) is 12.2 Å². The Morgan fingerprint density at radius 2 is 1.68 bits per heavy atom. The standard InChI is InChI=1S/C17H23NO/c1-3-13(4-2)17(19)12-18-16-10-9-14-7-5-6-8-15(14)11-16/h5-11,13,17-19H,3-4,12H2,1-2H3. The van der Waals surface area contributed by atoms with Gasteiger partial charge in [-0.15, -0.1) is 0 Å². The molecule has 0 aliphatic carbocycles. The Balaban J connectivity index is 2.01. The van der Waals surface area contributed by atoms with Crippen molar-refractivity contribution in [2.24, 2.45) is 5.92 Å². The summed E-state index contributed by atoms with van der Waals surface area (Å²) in [4.78, 5) is 0. The lowest BCUT2D eigenvalue weighted by Gasteiger charge is -2.21. The van der Waals surface area contributed by atoms with Gasteiger partial charge in [-0.1, -0.05) is 57.0 Å². The van der Waals surface area contributed by atoms with Gasteiger partial charge in [-0.3, -0.25) is 0 Å². The molecule has 0 aromatic heterocycles. The Morgan fingerprint density at radius 3 is 2.37 bits per heavy atom. The van der Waals surface area contributed by atoms with Gasteiger partial charge in [-0.25, -0.2) is 0 Å². The van der Waals surface area contributed by atoms with Crippen LogP contribution in [0, 0.1) is 5.92 Å². The molecule has 0 saturated carbocycles. The Hall–Kier alpha value is -1.54. The lowest BCUT2D eigenvalue weighted by atomic mass is 9.96. The van der Waals surface area contributed by atoms with Crippen molar-refractivity contribution >= 4 is 16.5 Å². The van der Waals surface area contributed by atoms with E-state index < -0.39 is 0 Å². The molecule has 0 heterocycles. The second-order valence-corrected chi connectivity index (χ2v) is 5.09. The van der Waals surface area contributed by atoms with Crippen LogP contribution >= 0.6 is 0 Å². The highest BCUT2D eigenvalue weighted by Crippen LogP contribution is 2.20. The predicted octanol–water partition coefficient (Wildman–Crippen LogP) is 4.05. The molecule has 0 saturated heterocycles. The summed E-state index contributed by atoms with van der Waals surface area (Å²) in [6, 6.07) is 14.6. The summed E-state index contributed by atoms with van der Waals surface area (Å²) in [6.07, 6.45) is 1.77. The maximum absolute atomic E-state index is 10.1. The molecule has 2 rings (SSSR count). The third kappa shape index (κ3) is 3.48. The van der Waals surface area contributed by atoms with E-state index in [1.165, 1.54) is 10.8 Å². The first-order valence-corrected chi connectivity index (χ1v) is 7.15. The molecule has 2 nitrogen and oxygen atoms in total. The minimum absolute atomic E-state index is 0.276. The van der Waals surface area contributed by atoms with Crippen LogP contribution in [0.15, 0.2) is 42.5 Å². The summed E-state index contributed by atoms with van der Waals surface area (Å²) < 4.78 is 0. The molecule has 1 atom stereocenters. The monoisotopic (exact) mass is 257 g/mol. The van der Waals surface area contributed by atoms with Crippen LogP contribution in [-0.2, 0) is 0 Å². The van der Waals surface area contributed by atoms with Crippen molar-refractivity contribution in [3.8, 4) is 0 Å².